The summed E-state index contributed by atoms with van der Waals surface area (Å²) < 4.78 is 97.8. The molecule has 5 heterocycles. The molecule has 101 heavy (non-hydrogen) atoms. The number of carboxylic acid groups (broad SMARTS) is 1. The summed E-state index contributed by atoms with van der Waals surface area (Å²) in [7, 11) is -9.02. The van der Waals surface area contributed by atoms with Gasteiger partial charge in [-0.15, -0.1) is 13.2 Å². The van der Waals surface area contributed by atoms with Gasteiger partial charge in [-0.25, -0.2) is 44.6 Å². The van der Waals surface area contributed by atoms with Crippen LogP contribution in [0.15, 0.2) is 120 Å². The van der Waals surface area contributed by atoms with E-state index in [0.717, 1.165) is 19.3 Å². The number of hydrogen-bond donors (Lipinski definition) is 8. The molecule has 5 aliphatic heterocycles. The number of fused-ring (bicyclic) bond motifs is 4. The molecule has 1 spiro atoms. The molecule has 8 N–H and O–H groups in total. The van der Waals surface area contributed by atoms with Crippen molar-refractivity contribution in [2.45, 2.75) is 187 Å². The molecule has 4 aromatic rings. The van der Waals surface area contributed by atoms with Gasteiger partial charge in [-0.2, -0.15) is 0 Å². The van der Waals surface area contributed by atoms with Crippen LogP contribution in [0.5, 0.6) is 0 Å². The number of ether oxygens (including phenoxy) is 2. The molecule has 11 rings (SSSR count). The Morgan fingerprint density at radius 1 is 0.703 bits per heavy atom. The summed E-state index contributed by atoms with van der Waals surface area (Å²) in [6.45, 7) is 7.99. The Bertz CT molecular complexity index is 4160. The van der Waals surface area contributed by atoms with Crippen LogP contribution < -0.4 is 36.0 Å². The van der Waals surface area contributed by atoms with Crippen LogP contribution in [-0.4, -0.2) is 145 Å². The number of aliphatic carboxylic acids is 1. The number of para-hydroxylation sites is 2. The number of nitrogens with zero attached hydrogens (tertiary/aromatic N) is 3. The van der Waals surface area contributed by atoms with Gasteiger partial charge < -0.3 is 46.1 Å². The minimum Gasteiger partial charge on any atom is -0.481 e. The predicted molar refractivity (Wildman–Crippen MR) is 360 cm³/mol. The summed E-state index contributed by atoms with van der Waals surface area (Å²) in [5, 5.41) is 22.3. The highest BCUT2D eigenvalue weighted by atomic mass is 32.2. The van der Waals surface area contributed by atoms with E-state index in [1.54, 1.807) is 30.3 Å². The van der Waals surface area contributed by atoms with E-state index in [2.05, 4.69) is 49.2 Å². The van der Waals surface area contributed by atoms with E-state index in [9.17, 15) is 73.6 Å². The molecule has 2 saturated heterocycles. The maximum absolute atomic E-state index is 14.3. The number of sulfonamides is 2. The lowest BCUT2D eigenvalue weighted by atomic mass is 10.1. The Morgan fingerprint density at radius 2 is 1.31 bits per heavy atom. The third kappa shape index (κ3) is 17.8. The highest BCUT2D eigenvalue weighted by molar-refractivity contribution is 7.90. The average molecular weight is 1440 g/mol. The summed E-state index contributed by atoms with van der Waals surface area (Å²) in [5.74, 6) is -7.20. The minimum atomic E-state index is -4.51. The second-order valence-electron chi connectivity index (χ2n) is 26.4. The second kappa shape index (κ2) is 31.9. The van der Waals surface area contributed by atoms with Crippen molar-refractivity contribution < 1.29 is 88.1 Å². The lowest BCUT2D eigenvalue weighted by Crippen LogP contribution is -2.56. The van der Waals surface area contributed by atoms with Crippen molar-refractivity contribution in [3.05, 3.63) is 144 Å². The van der Waals surface area contributed by atoms with E-state index in [1.165, 1.54) is 81.4 Å². The van der Waals surface area contributed by atoms with Gasteiger partial charge in [0.1, 0.15) is 50.8 Å². The SMILES string of the molecule is C=C[C@@H]1C[C@@]12NC(=O)[C@@H]1C[C@@H](OC(=O)N3Cc4cccc(F)c4C3)CN1C(=O)CCCCCCCC(=O)Nc1ccccc1S(=O)(=O)NC2=O.C=C[C@@H]1C[C@]1(NC(=O)[C@@H]1C[C@@H](OC(=O)N2Cc3cccc(F)c3C2)CN1)C(=O)NS(=O)(=O)c1ccccc1NC(=O)CCCCCCCC(=O)O. The number of nitrogens with one attached hydrogen (secondary N) is 7. The second-order valence-corrected chi connectivity index (χ2v) is 29.7. The largest absolute Gasteiger partial charge is 0.481 e. The van der Waals surface area contributed by atoms with Crippen molar-refractivity contribution in [3.8, 4) is 0 Å². The van der Waals surface area contributed by atoms with Crippen molar-refractivity contribution >= 4 is 90.9 Å². The number of carbonyl (C=O) groups excluding carboxylic acids is 9. The van der Waals surface area contributed by atoms with Gasteiger partial charge in [0.2, 0.25) is 29.5 Å². The molecular weight excluding hydrogens is 1350 g/mol. The van der Waals surface area contributed by atoms with Gasteiger partial charge in [-0.1, -0.05) is 99.2 Å². The number of carboxylic acids is 1. The molecule has 9 amide bonds. The first-order valence-electron chi connectivity index (χ1n) is 33.7. The maximum Gasteiger partial charge on any atom is 0.410 e. The fraction of sp³-hybridized carbons (Fsp3) is 0.457. The molecule has 27 nitrogen and oxygen atoms in total. The molecule has 4 aromatic carbocycles. The van der Waals surface area contributed by atoms with E-state index in [4.69, 9.17) is 14.6 Å². The van der Waals surface area contributed by atoms with Crippen molar-refractivity contribution in [3.63, 3.8) is 0 Å². The first kappa shape index (κ1) is 74.1. The Labute approximate surface area is 583 Å². The number of benzene rings is 4. The fourth-order valence-electron chi connectivity index (χ4n) is 13.4. The van der Waals surface area contributed by atoms with Crippen LogP contribution in [0.25, 0.3) is 0 Å². The Morgan fingerprint density at radius 3 is 1.94 bits per heavy atom. The van der Waals surface area contributed by atoms with Gasteiger partial charge in [0, 0.05) is 81.1 Å². The van der Waals surface area contributed by atoms with Crippen LogP contribution in [0, 0.1) is 23.5 Å². The van der Waals surface area contributed by atoms with Crippen molar-refractivity contribution in [1.29, 1.82) is 0 Å². The zero-order valence-electron chi connectivity index (χ0n) is 55.5. The van der Waals surface area contributed by atoms with E-state index in [0.29, 0.717) is 67.2 Å². The monoisotopic (exact) mass is 1440 g/mol. The Kier molecular flexibility index (Phi) is 23.4. The van der Waals surface area contributed by atoms with Crippen LogP contribution in [0.1, 0.15) is 138 Å². The van der Waals surface area contributed by atoms with Crippen LogP contribution in [0.4, 0.5) is 29.7 Å². The highest BCUT2D eigenvalue weighted by Gasteiger charge is 2.63. The molecule has 7 aliphatic rings. The molecular formula is C70H82F2N10O17S2. The molecule has 0 unspecified atom stereocenters. The van der Waals surface area contributed by atoms with E-state index >= 15 is 0 Å². The summed E-state index contributed by atoms with van der Waals surface area (Å²) in [6, 6.07) is 18.7. The van der Waals surface area contributed by atoms with Gasteiger partial charge in [0.25, 0.3) is 31.9 Å². The van der Waals surface area contributed by atoms with E-state index < -0.39 is 127 Å². The summed E-state index contributed by atoms with van der Waals surface area (Å²) in [4.78, 5) is 133. The first-order chi connectivity index (χ1) is 48.2. The number of carbonyl (C=O) groups is 10. The summed E-state index contributed by atoms with van der Waals surface area (Å²) in [5.41, 5.74) is -1.04. The molecule has 2 aliphatic carbocycles. The third-order valence-corrected chi connectivity index (χ3v) is 22.0. The van der Waals surface area contributed by atoms with Crippen LogP contribution in [0.2, 0.25) is 0 Å². The van der Waals surface area contributed by atoms with Crippen molar-refractivity contribution in [2.75, 3.05) is 23.7 Å². The van der Waals surface area contributed by atoms with Gasteiger partial charge in [0.05, 0.1) is 37.1 Å². The predicted octanol–water partition coefficient (Wildman–Crippen LogP) is 6.82. The van der Waals surface area contributed by atoms with Crippen LogP contribution in [-0.2, 0) is 94.1 Å². The third-order valence-electron chi connectivity index (χ3n) is 19.2. The topological polar surface area (TPSA) is 372 Å². The van der Waals surface area contributed by atoms with Gasteiger partial charge >= 0.3 is 18.2 Å². The summed E-state index contributed by atoms with van der Waals surface area (Å²) >= 11 is 0. The minimum absolute atomic E-state index is 0.0166. The molecule has 4 fully saturated rings. The highest BCUT2D eigenvalue weighted by Crippen LogP contribution is 2.47. The van der Waals surface area contributed by atoms with Gasteiger partial charge in [-0.05, 0) is 86.1 Å². The number of unbranched alkanes of at least 4 members (excludes halogenated alkanes) is 4. The zero-order valence-corrected chi connectivity index (χ0v) is 57.1. The first-order valence-corrected chi connectivity index (χ1v) is 36.7. The quantitative estimate of drug-likeness (QED) is 0.0374. The smallest absolute Gasteiger partial charge is 0.410 e. The number of halogens is 2. The van der Waals surface area contributed by atoms with E-state index in [-0.39, 0.29) is 124 Å². The number of amides is 9. The molecule has 0 aromatic heterocycles. The Hall–Kier alpha value is -9.62. The standard InChI is InChI=1S/C35H42FN5O9S.C35H40FN5O8S/c1-2-23-18-35(23,39-32(45)28-17-24(19-37-28)50-34(47)41-20-22-11-10-12-26(36)25(22)21-41)33(46)40-51(48,49)29-14-9-8-13-27(29)38-30(42)15-6-4-3-5-7-16-31(43)44;1-2-23-18-35(23)33(45)39-50(47,48)29-14-9-8-13-27(29)37-30(42)15-6-4-3-5-7-16-31(43)41-20-24(17-28(41)32(44)38-35)49-34(46)40-19-22-11-10-12-26(36)25(22)21-40/h2,8-14,23-24,28,37H,1,3-7,15-21H2,(H,38,42)(H,39,45)(H,40,46)(H,43,44);2,8-14,23-24,28H,1,3-7,15-21H2,(H,37,42)(H,38,44)(H,39,45)/t2*23-,24-,28+,35-/m11/s1. The van der Waals surface area contributed by atoms with Gasteiger partial charge in [0.15, 0.2) is 0 Å². The number of anilines is 2. The van der Waals surface area contributed by atoms with Crippen molar-refractivity contribution in [1.82, 2.24) is 40.1 Å². The van der Waals surface area contributed by atoms with Crippen LogP contribution in [0.3, 0.4) is 0 Å². The fourth-order valence-corrected chi connectivity index (χ4v) is 15.8. The normalized spacial score (nSPS) is 24.6. The molecule has 2 saturated carbocycles. The van der Waals surface area contributed by atoms with E-state index in [1.807, 2.05) is 0 Å². The average Bonchev–Trinajstić information content (AvgIpc) is 1.64. The molecule has 8 atom stereocenters. The molecule has 31 heteroatoms. The van der Waals surface area contributed by atoms with Crippen molar-refractivity contribution in [2.24, 2.45) is 11.8 Å². The zero-order chi connectivity index (χ0) is 72.4. The van der Waals surface area contributed by atoms with Crippen LogP contribution >= 0.6 is 0 Å². The van der Waals surface area contributed by atoms with Gasteiger partial charge in [-0.3, -0.25) is 48.2 Å². The number of rotatable bonds is 18. The lowest BCUT2D eigenvalue weighted by Gasteiger charge is -2.26. The molecule has 0 bridgehead atoms. The lowest BCUT2D eigenvalue weighted by molar-refractivity contribution is -0.140. The maximum atomic E-state index is 14.3. The number of hydrogen-bond acceptors (Lipinski definition) is 17. The molecule has 540 valence electrons. The summed E-state index contributed by atoms with van der Waals surface area (Å²) in [6.07, 6.45) is 7.28. The molecule has 0 radical (unpaired) electrons. The Balaban J connectivity index is 0.000000218.